The largest absolute Gasteiger partial charge is 0.293 e. The SMILES string of the molecule is CCN1C(=O)S/C(=C2\C(=O)N(C(C)=O)c3ccccc32)C1=O. The molecule has 3 rings (SSSR count). The predicted octanol–water partition coefficient (Wildman–Crippen LogP) is 2.01. The Bertz CT molecular complexity index is 769. The highest BCUT2D eigenvalue weighted by molar-refractivity contribution is 8.18. The summed E-state index contributed by atoms with van der Waals surface area (Å²) in [4.78, 5) is 50.8. The van der Waals surface area contributed by atoms with E-state index in [0.717, 1.165) is 21.6 Å². The number of para-hydroxylation sites is 1. The Morgan fingerprint density at radius 2 is 1.82 bits per heavy atom. The van der Waals surface area contributed by atoms with Crippen molar-refractivity contribution in [3.05, 3.63) is 34.7 Å². The molecule has 1 saturated heterocycles. The van der Waals surface area contributed by atoms with Crippen molar-refractivity contribution in [2.45, 2.75) is 13.8 Å². The van der Waals surface area contributed by atoms with Crippen molar-refractivity contribution in [1.29, 1.82) is 0 Å². The number of likely N-dealkylation sites (N-methyl/N-ethyl adjacent to an activating group) is 1. The van der Waals surface area contributed by atoms with Crippen molar-refractivity contribution in [2.75, 3.05) is 11.4 Å². The van der Waals surface area contributed by atoms with Crippen LogP contribution in [-0.4, -0.2) is 34.4 Å². The third-order valence-electron chi connectivity index (χ3n) is 3.54. The van der Waals surface area contributed by atoms with Crippen LogP contribution in [0.1, 0.15) is 19.4 Å². The average molecular weight is 316 g/mol. The van der Waals surface area contributed by atoms with Crippen molar-refractivity contribution in [1.82, 2.24) is 4.90 Å². The maximum Gasteiger partial charge on any atom is 0.293 e. The van der Waals surface area contributed by atoms with Gasteiger partial charge in [0.25, 0.3) is 17.1 Å². The number of benzene rings is 1. The summed E-state index contributed by atoms with van der Waals surface area (Å²) < 4.78 is 0. The summed E-state index contributed by atoms with van der Waals surface area (Å²) in [6.45, 7) is 3.22. The Morgan fingerprint density at radius 3 is 2.41 bits per heavy atom. The van der Waals surface area contributed by atoms with Gasteiger partial charge in [0, 0.05) is 19.0 Å². The maximum atomic E-state index is 12.6. The van der Waals surface area contributed by atoms with Crippen molar-refractivity contribution < 1.29 is 19.2 Å². The molecule has 2 aliphatic heterocycles. The summed E-state index contributed by atoms with van der Waals surface area (Å²) in [5, 5.41) is -0.401. The van der Waals surface area contributed by atoms with E-state index in [1.54, 1.807) is 31.2 Å². The Kier molecular flexibility index (Phi) is 3.37. The standard InChI is InChI=1S/C15H12N2O4S/c1-3-16-14(20)12(22-15(16)21)11-9-6-4-5-7-10(9)17(8(2)18)13(11)19/h4-7H,3H2,1-2H3/b12-11-. The number of carbonyl (C=O) groups is 4. The molecule has 112 valence electrons. The van der Waals surface area contributed by atoms with Crippen molar-refractivity contribution in [3.63, 3.8) is 0 Å². The fraction of sp³-hybridized carbons (Fsp3) is 0.200. The third kappa shape index (κ3) is 1.89. The molecule has 0 bridgehead atoms. The van der Waals surface area contributed by atoms with Gasteiger partial charge in [-0.25, -0.2) is 4.90 Å². The maximum absolute atomic E-state index is 12.6. The van der Waals surface area contributed by atoms with Gasteiger partial charge in [0.15, 0.2) is 0 Å². The van der Waals surface area contributed by atoms with Gasteiger partial charge in [-0.15, -0.1) is 0 Å². The molecular weight excluding hydrogens is 304 g/mol. The summed E-state index contributed by atoms with van der Waals surface area (Å²) in [5.41, 5.74) is 1.08. The zero-order valence-electron chi connectivity index (χ0n) is 12.0. The van der Waals surface area contributed by atoms with Crippen LogP contribution >= 0.6 is 11.8 Å². The van der Waals surface area contributed by atoms with Crippen LogP contribution < -0.4 is 4.90 Å². The molecule has 22 heavy (non-hydrogen) atoms. The molecule has 0 spiro atoms. The lowest BCUT2D eigenvalue weighted by atomic mass is 10.1. The smallest absolute Gasteiger partial charge is 0.274 e. The second kappa shape index (κ2) is 5.10. The highest BCUT2D eigenvalue weighted by Crippen LogP contribution is 2.44. The van der Waals surface area contributed by atoms with Gasteiger partial charge in [-0.3, -0.25) is 24.1 Å². The summed E-state index contributed by atoms with van der Waals surface area (Å²) in [7, 11) is 0. The van der Waals surface area contributed by atoms with Crippen LogP contribution in [0.5, 0.6) is 0 Å². The monoisotopic (exact) mass is 316 g/mol. The Balaban J connectivity index is 2.22. The van der Waals surface area contributed by atoms with Gasteiger partial charge < -0.3 is 0 Å². The molecule has 1 aromatic carbocycles. The van der Waals surface area contributed by atoms with E-state index in [2.05, 4.69) is 0 Å². The minimum Gasteiger partial charge on any atom is -0.274 e. The molecule has 0 N–H and O–H groups in total. The molecule has 0 aliphatic carbocycles. The molecule has 0 atom stereocenters. The van der Waals surface area contributed by atoms with E-state index < -0.39 is 23.0 Å². The molecule has 2 heterocycles. The van der Waals surface area contributed by atoms with Gasteiger partial charge in [-0.05, 0) is 24.8 Å². The van der Waals surface area contributed by atoms with E-state index in [-0.39, 0.29) is 17.0 Å². The van der Waals surface area contributed by atoms with E-state index >= 15 is 0 Å². The second-order valence-corrected chi connectivity index (χ2v) is 5.76. The Hall–Kier alpha value is -2.41. The van der Waals surface area contributed by atoms with Crippen LogP contribution in [0.2, 0.25) is 0 Å². The van der Waals surface area contributed by atoms with Crippen LogP contribution in [0.15, 0.2) is 29.2 Å². The molecule has 0 unspecified atom stereocenters. The highest BCUT2D eigenvalue weighted by atomic mass is 32.2. The Labute approximate surface area is 130 Å². The van der Waals surface area contributed by atoms with Crippen LogP contribution in [0.4, 0.5) is 10.5 Å². The van der Waals surface area contributed by atoms with Crippen LogP contribution in [0.25, 0.3) is 5.57 Å². The van der Waals surface area contributed by atoms with Crippen LogP contribution in [0.3, 0.4) is 0 Å². The van der Waals surface area contributed by atoms with Gasteiger partial charge in [0.1, 0.15) is 0 Å². The zero-order valence-corrected chi connectivity index (χ0v) is 12.8. The summed E-state index contributed by atoms with van der Waals surface area (Å²) in [6.07, 6.45) is 0. The molecule has 0 saturated carbocycles. The number of nitrogens with zero attached hydrogens (tertiary/aromatic N) is 2. The fourth-order valence-corrected chi connectivity index (χ4v) is 3.56. The summed E-state index contributed by atoms with van der Waals surface area (Å²) >= 11 is 0.743. The number of hydrogen-bond donors (Lipinski definition) is 0. The van der Waals surface area contributed by atoms with E-state index in [1.807, 2.05) is 0 Å². The fourth-order valence-electron chi connectivity index (χ4n) is 2.57. The van der Waals surface area contributed by atoms with E-state index in [4.69, 9.17) is 0 Å². The first kappa shape index (κ1) is 14.5. The number of imide groups is 2. The molecule has 1 aromatic rings. The molecule has 2 aliphatic rings. The van der Waals surface area contributed by atoms with Crippen molar-refractivity contribution in [2.24, 2.45) is 0 Å². The predicted molar refractivity (Wildman–Crippen MR) is 81.9 cm³/mol. The van der Waals surface area contributed by atoms with Crippen molar-refractivity contribution in [3.8, 4) is 0 Å². The van der Waals surface area contributed by atoms with E-state index in [9.17, 15) is 19.2 Å². The van der Waals surface area contributed by atoms with Gasteiger partial charge in [-0.1, -0.05) is 18.2 Å². The first-order valence-corrected chi connectivity index (χ1v) is 7.51. The van der Waals surface area contributed by atoms with E-state index in [0.29, 0.717) is 11.3 Å². The highest BCUT2D eigenvalue weighted by Gasteiger charge is 2.43. The van der Waals surface area contributed by atoms with Gasteiger partial charge >= 0.3 is 0 Å². The lowest BCUT2D eigenvalue weighted by Crippen LogP contribution is -2.32. The molecule has 0 radical (unpaired) electrons. The quantitative estimate of drug-likeness (QED) is 0.741. The van der Waals surface area contributed by atoms with E-state index in [1.165, 1.54) is 6.92 Å². The number of amides is 4. The second-order valence-electron chi connectivity index (χ2n) is 4.80. The summed E-state index contributed by atoms with van der Waals surface area (Å²) in [5.74, 6) is -1.47. The molecular formula is C15H12N2O4S. The number of anilines is 1. The number of rotatable bonds is 1. The average Bonchev–Trinajstić information content (AvgIpc) is 2.92. The van der Waals surface area contributed by atoms with Gasteiger partial charge in [-0.2, -0.15) is 0 Å². The van der Waals surface area contributed by atoms with Gasteiger partial charge in [0.2, 0.25) is 5.91 Å². The minimum absolute atomic E-state index is 0.0908. The zero-order chi connectivity index (χ0) is 16.0. The number of hydrogen-bond acceptors (Lipinski definition) is 5. The van der Waals surface area contributed by atoms with Crippen LogP contribution in [0, 0.1) is 0 Å². The minimum atomic E-state index is -0.560. The Morgan fingerprint density at radius 1 is 1.14 bits per heavy atom. The van der Waals surface area contributed by atoms with Crippen molar-refractivity contribution >= 4 is 46.0 Å². The van der Waals surface area contributed by atoms with Gasteiger partial charge in [0.05, 0.1) is 16.2 Å². The lowest BCUT2D eigenvalue weighted by Gasteiger charge is -2.11. The molecule has 1 fully saturated rings. The molecule has 6 nitrogen and oxygen atoms in total. The first-order chi connectivity index (χ1) is 10.5. The topological polar surface area (TPSA) is 74.8 Å². The lowest BCUT2D eigenvalue weighted by molar-refractivity contribution is -0.124. The number of carbonyl (C=O) groups excluding carboxylic acids is 4. The number of thioether (sulfide) groups is 1. The molecule has 0 aromatic heterocycles. The summed E-state index contributed by atoms with van der Waals surface area (Å²) in [6, 6.07) is 6.75. The number of fused-ring (bicyclic) bond motifs is 1. The third-order valence-corrected chi connectivity index (χ3v) is 4.52. The molecule has 7 heteroatoms. The first-order valence-electron chi connectivity index (χ1n) is 6.69. The van der Waals surface area contributed by atoms with Crippen LogP contribution in [-0.2, 0) is 14.4 Å². The molecule has 4 amide bonds. The normalized spacial score (nSPS) is 20.9.